The van der Waals surface area contributed by atoms with Gasteiger partial charge in [-0.05, 0) is 67.8 Å². The standard InChI is InChI=1S/C25H36N2O2/c1-17(2)22(21-6-4-3-5-7-21)16-27-23(28)8-9-26-24(29)25-13-18-10-19(14-25)12-20(11-18)15-25/h3-7,17-20,22H,8-16H2,1-2H3,(H,26,29)(H,27,28). The molecule has 0 heterocycles. The van der Waals surface area contributed by atoms with Crippen molar-refractivity contribution in [3.8, 4) is 0 Å². The van der Waals surface area contributed by atoms with Gasteiger partial charge >= 0.3 is 0 Å². The van der Waals surface area contributed by atoms with Crippen LogP contribution >= 0.6 is 0 Å². The first-order valence-corrected chi connectivity index (χ1v) is 11.5. The summed E-state index contributed by atoms with van der Waals surface area (Å²) in [6, 6.07) is 10.4. The van der Waals surface area contributed by atoms with Crippen LogP contribution in [0.5, 0.6) is 0 Å². The summed E-state index contributed by atoms with van der Waals surface area (Å²) < 4.78 is 0. The number of hydrogen-bond donors (Lipinski definition) is 2. The third kappa shape index (κ3) is 4.51. The fourth-order valence-electron chi connectivity index (χ4n) is 6.62. The Bertz CT molecular complexity index is 692. The maximum absolute atomic E-state index is 13.0. The van der Waals surface area contributed by atoms with E-state index in [1.54, 1.807) is 0 Å². The summed E-state index contributed by atoms with van der Waals surface area (Å²) in [5, 5.41) is 6.19. The molecule has 4 aliphatic rings. The molecule has 1 atom stereocenters. The molecule has 4 saturated carbocycles. The van der Waals surface area contributed by atoms with Gasteiger partial charge in [-0.3, -0.25) is 9.59 Å². The SMILES string of the molecule is CC(C)C(CNC(=O)CCNC(=O)C12CC3CC(CC(C3)C1)C2)c1ccccc1. The van der Waals surface area contributed by atoms with Crippen molar-refractivity contribution in [1.29, 1.82) is 0 Å². The summed E-state index contributed by atoms with van der Waals surface area (Å²) >= 11 is 0. The van der Waals surface area contributed by atoms with Crippen LogP contribution in [-0.4, -0.2) is 24.9 Å². The van der Waals surface area contributed by atoms with Gasteiger partial charge in [0.2, 0.25) is 11.8 Å². The lowest BCUT2D eigenvalue weighted by atomic mass is 9.49. The highest BCUT2D eigenvalue weighted by Crippen LogP contribution is 2.60. The van der Waals surface area contributed by atoms with Gasteiger partial charge < -0.3 is 10.6 Å². The minimum Gasteiger partial charge on any atom is -0.355 e. The van der Waals surface area contributed by atoms with Crippen molar-refractivity contribution in [1.82, 2.24) is 10.6 Å². The molecule has 0 spiro atoms. The maximum atomic E-state index is 13.0. The predicted octanol–water partition coefficient (Wildman–Crippen LogP) is 4.27. The van der Waals surface area contributed by atoms with Crippen molar-refractivity contribution in [3.63, 3.8) is 0 Å². The highest BCUT2D eigenvalue weighted by Gasteiger charge is 2.54. The number of carbonyl (C=O) groups excluding carboxylic acids is 2. The van der Waals surface area contributed by atoms with Gasteiger partial charge in [-0.1, -0.05) is 44.2 Å². The molecule has 0 aliphatic heterocycles. The number of hydrogen-bond acceptors (Lipinski definition) is 2. The average Bonchev–Trinajstić information content (AvgIpc) is 2.67. The topological polar surface area (TPSA) is 58.2 Å². The van der Waals surface area contributed by atoms with E-state index in [9.17, 15) is 9.59 Å². The summed E-state index contributed by atoms with van der Waals surface area (Å²) in [7, 11) is 0. The van der Waals surface area contributed by atoms with Gasteiger partial charge in [0.15, 0.2) is 0 Å². The first-order valence-electron chi connectivity index (χ1n) is 11.5. The van der Waals surface area contributed by atoms with Gasteiger partial charge in [-0.2, -0.15) is 0 Å². The molecule has 29 heavy (non-hydrogen) atoms. The molecule has 0 aromatic heterocycles. The largest absolute Gasteiger partial charge is 0.355 e. The molecule has 2 N–H and O–H groups in total. The highest BCUT2D eigenvalue weighted by molar-refractivity contribution is 5.84. The van der Waals surface area contributed by atoms with Gasteiger partial charge in [0.05, 0.1) is 0 Å². The monoisotopic (exact) mass is 396 g/mol. The number of rotatable bonds is 8. The van der Waals surface area contributed by atoms with Crippen molar-refractivity contribution in [2.75, 3.05) is 13.1 Å². The molecule has 1 aromatic carbocycles. The molecule has 1 aromatic rings. The van der Waals surface area contributed by atoms with Crippen LogP contribution in [0.3, 0.4) is 0 Å². The van der Waals surface area contributed by atoms with Crippen LogP contribution in [0.4, 0.5) is 0 Å². The van der Waals surface area contributed by atoms with E-state index >= 15 is 0 Å². The van der Waals surface area contributed by atoms with Crippen molar-refractivity contribution >= 4 is 11.8 Å². The smallest absolute Gasteiger partial charge is 0.226 e. The van der Waals surface area contributed by atoms with E-state index in [-0.39, 0.29) is 17.2 Å². The fraction of sp³-hybridized carbons (Fsp3) is 0.680. The molecule has 0 saturated heterocycles. The number of carbonyl (C=O) groups is 2. The molecule has 158 valence electrons. The van der Waals surface area contributed by atoms with Crippen molar-refractivity contribution < 1.29 is 9.59 Å². The number of benzene rings is 1. The van der Waals surface area contributed by atoms with Crippen LogP contribution in [-0.2, 0) is 9.59 Å². The molecular formula is C25H36N2O2. The highest BCUT2D eigenvalue weighted by atomic mass is 16.2. The Morgan fingerprint density at radius 3 is 2.10 bits per heavy atom. The van der Waals surface area contributed by atoms with Crippen LogP contribution in [0.2, 0.25) is 0 Å². The second-order valence-corrected chi connectivity index (χ2v) is 10.3. The summed E-state index contributed by atoms with van der Waals surface area (Å²) in [6.45, 7) is 5.47. The zero-order valence-corrected chi connectivity index (χ0v) is 18.0. The van der Waals surface area contributed by atoms with Gasteiger partial charge in [-0.25, -0.2) is 0 Å². The molecule has 1 unspecified atom stereocenters. The lowest BCUT2D eigenvalue weighted by Crippen LogP contribution is -2.53. The first-order chi connectivity index (χ1) is 13.9. The van der Waals surface area contributed by atoms with Crippen molar-refractivity contribution in [2.24, 2.45) is 29.1 Å². The molecule has 5 rings (SSSR count). The summed E-state index contributed by atoms with van der Waals surface area (Å²) in [5.74, 6) is 3.30. The van der Waals surface area contributed by atoms with E-state index in [2.05, 4.69) is 36.6 Å². The second kappa shape index (κ2) is 8.49. The molecule has 0 radical (unpaired) electrons. The van der Waals surface area contributed by atoms with Crippen LogP contribution in [0.1, 0.15) is 70.3 Å². The molecule has 4 bridgehead atoms. The van der Waals surface area contributed by atoms with E-state index < -0.39 is 0 Å². The Hall–Kier alpha value is -1.84. The van der Waals surface area contributed by atoms with Crippen LogP contribution in [0.15, 0.2) is 30.3 Å². The van der Waals surface area contributed by atoms with E-state index in [0.717, 1.165) is 37.0 Å². The molecule has 4 nitrogen and oxygen atoms in total. The van der Waals surface area contributed by atoms with Crippen molar-refractivity contribution in [3.05, 3.63) is 35.9 Å². The van der Waals surface area contributed by atoms with Gasteiger partial charge in [-0.15, -0.1) is 0 Å². The quantitative estimate of drug-likeness (QED) is 0.690. The van der Waals surface area contributed by atoms with Crippen molar-refractivity contribution in [2.45, 2.75) is 64.7 Å². The average molecular weight is 397 g/mol. The Labute approximate surface area is 175 Å². The zero-order valence-electron chi connectivity index (χ0n) is 18.0. The minimum atomic E-state index is -0.124. The maximum Gasteiger partial charge on any atom is 0.226 e. The molecular weight excluding hydrogens is 360 g/mol. The molecule has 4 fully saturated rings. The van der Waals surface area contributed by atoms with E-state index in [4.69, 9.17) is 0 Å². The summed E-state index contributed by atoms with van der Waals surface area (Å²) in [4.78, 5) is 25.3. The molecule has 4 aliphatic carbocycles. The number of amides is 2. The normalized spacial score (nSPS) is 30.9. The Morgan fingerprint density at radius 2 is 1.55 bits per heavy atom. The fourth-order valence-corrected chi connectivity index (χ4v) is 6.62. The summed E-state index contributed by atoms with van der Waals surface area (Å²) in [6.07, 6.45) is 7.60. The lowest BCUT2D eigenvalue weighted by molar-refractivity contribution is -0.146. The van der Waals surface area contributed by atoms with Crippen LogP contribution in [0.25, 0.3) is 0 Å². The number of nitrogens with one attached hydrogen (secondary N) is 2. The van der Waals surface area contributed by atoms with E-state index in [1.807, 2.05) is 18.2 Å². The Balaban J connectivity index is 1.22. The Kier molecular flexibility index (Phi) is 5.98. The minimum absolute atomic E-state index is 0.0254. The van der Waals surface area contributed by atoms with E-state index in [0.29, 0.717) is 31.3 Å². The van der Waals surface area contributed by atoms with Gasteiger partial charge in [0.1, 0.15) is 0 Å². The predicted molar refractivity (Wildman–Crippen MR) is 115 cm³/mol. The second-order valence-electron chi connectivity index (χ2n) is 10.3. The van der Waals surface area contributed by atoms with Crippen LogP contribution < -0.4 is 10.6 Å². The molecule has 2 amide bonds. The first kappa shape index (κ1) is 20.4. The lowest BCUT2D eigenvalue weighted by Gasteiger charge is -2.55. The van der Waals surface area contributed by atoms with Crippen LogP contribution in [0, 0.1) is 29.1 Å². The van der Waals surface area contributed by atoms with Gasteiger partial charge in [0, 0.05) is 30.8 Å². The van der Waals surface area contributed by atoms with E-state index in [1.165, 1.54) is 24.8 Å². The third-order valence-corrected chi connectivity index (χ3v) is 7.71. The van der Waals surface area contributed by atoms with Gasteiger partial charge in [0.25, 0.3) is 0 Å². The summed E-state index contributed by atoms with van der Waals surface area (Å²) in [5.41, 5.74) is 1.14. The Morgan fingerprint density at radius 1 is 0.966 bits per heavy atom. The zero-order chi connectivity index (χ0) is 20.4. The third-order valence-electron chi connectivity index (χ3n) is 7.71. The molecule has 4 heteroatoms.